The van der Waals surface area contributed by atoms with Crippen molar-refractivity contribution in [3.63, 3.8) is 0 Å². The molecule has 1 unspecified atom stereocenters. The van der Waals surface area contributed by atoms with Crippen LogP contribution in [0.1, 0.15) is 27.6 Å². The van der Waals surface area contributed by atoms with Crippen molar-refractivity contribution < 1.29 is 33.3 Å². The highest BCUT2D eigenvalue weighted by Crippen LogP contribution is 2.38. The molecule has 0 heterocycles. The smallest absolute Gasteiger partial charge is 0.338 e. The van der Waals surface area contributed by atoms with Gasteiger partial charge in [0.05, 0.1) is 32.5 Å². The average Bonchev–Trinajstić information content (AvgIpc) is 2.80. The number of methoxy groups -OCH3 is 3. The Bertz CT molecular complexity index is 844. The first-order valence-corrected chi connectivity index (χ1v) is 10.6. The predicted octanol–water partition coefficient (Wildman–Crippen LogP) is 4.17. The van der Waals surface area contributed by atoms with E-state index in [2.05, 4.69) is 22.6 Å². The molecule has 0 N–H and O–H groups in total. The topological polar surface area (TPSA) is 80.3 Å². The molecule has 0 amide bonds. The molecule has 0 bridgehead atoms. The highest BCUT2D eigenvalue weighted by molar-refractivity contribution is 14.1. The summed E-state index contributed by atoms with van der Waals surface area (Å²) in [5.74, 6) is 0.151. The molecule has 0 fully saturated rings. The normalized spacial score (nSPS) is 12.4. The number of ether oxygens (including phenoxy) is 5. The van der Waals surface area contributed by atoms with Gasteiger partial charge in [-0.1, -0.05) is 47.7 Å². The minimum Gasteiger partial charge on any atom is -0.493 e. The number of benzene rings is 2. The number of hydrogen-bond acceptors (Lipinski definition) is 7. The van der Waals surface area contributed by atoms with Crippen LogP contribution in [-0.2, 0) is 9.47 Å². The average molecular weight is 528 g/mol. The van der Waals surface area contributed by atoms with E-state index >= 15 is 0 Å². The third kappa shape index (κ3) is 6.01. The summed E-state index contributed by atoms with van der Waals surface area (Å²) in [6.07, 6.45) is 0. The van der Waals surface area contributed by atoms with Gasteiger partial charge in [0.15, 0.2) is 11.5 Å². The van der Waals surface area contributed by atoms with Crippen LogP contribution in [0.5, 0.6) is 17.2 Å². The number of rotatable bonds is 10. The number of alkyl halides is 1. The van der Waals surface area contributed by atoms with Crippen LogP contribution in [0, 0.1) is 5.41 Å². The number of carbonyl (C=O) groups is 2. The molecule has 0 radical (unpaired) electrons. The SMILES string of the molecule is COc1cc(C(=O)OCC(C)(CI)COC(=O)c2ccccc2)cc(OC)c1OC. The van der Waals surface area contributed by atoms with Crippen molar-refractivity contribution in [1.82, 2.24) is 0 Å². The first-order valence-electron chi connectivity index (χ1n) is 9.12. The quantitative estimate of drug-likeness (QED) is 0.260. The summed E-state index contributed by atoms with van der Waals surface area (Å²) in [6.45, 7) is 2.08. The summed E-state index contributed by atoms with van der Waals surface area (Å²) in [5, 5.41) is 0. The molecule has 0 aromatic heterocycles. The lowest BCUT2D eigenvalue weighted by atomic mass is 9.96. The van der Waals surface area contributed by atoms with Crippen LogP contribution < -0.4 is 14.2 Å². The molecule has 0 aliphatic heterocycles. The van der Waals surface area contributed by atoms with E-state index < -0.39 is 17.4 Å². The van der Waals surface area contributed by atoms with Crippen molar-refractivity contribution in [1.29, 1.82) is 0 Å². The second-order valence-corrected chi connectivity index (χ2v) is 7.64. The van der Waals surface area contributed by atoms with E-state index in [1.807, 2.05) is 13.0 Å². The molecule has 0 spiro atoms. The molecule has 30 heavy (non-hydrogen) atoms. The lowest BCUT2D eigenvalue weighted by Crippen LogP contribution is -2.33. The number of halogens is 1. The van der Waals surface area contributed by atoms with Crippen molar-refractivity contribution in [3.8, 4) is 17.2 Å². The fourth-order valence-corrected chi connectivity index (χ4v) is 2.98. The Balaban J connectivity index is 2.04. The Kier molecular flexibility index (Phi) is 8.76. The fraction of sp³-hybridized carbons (Fsp3) is 0.364. The van der Waals surface area contributed by atoms with Gasteiger partial charge in [-0.25, -0.2) is 9.59 Å². The molecule has 8 heteroatoms. The Morgan fingerprint density at radius 2 is 1.33 bits per heavy atom. The molecule has 0 saturated heterocycles. The first kappa shape index (κ1) is 23.8. The van der Waals surface area contributed by atoms with Crippen molar-refractivity contribution in [2.75, 3.05) is 39.0 Å². The summed E-state index contributed by atoms with van der Waals surface area (Å²) in [7, 11) is 4.43. The van der Waals surface area contributed by atoms with Crippen LogP contribution in [0.4, 0.5) is 0 Å². The highest BCUT2D eigenvalue weighted by atomic mass is 127. The summed E-state index contributed by atoms with van der Waals surface area (Å²) in [6, 6.07) is 11.8. The molecule has 162 valence electrons. The van der Waals surface area contributed by atoms with Crippen LogP contribution in [0.3, 0.4) is 0 Å². The van der Waals surface area contributed by atoms with E-state index in [1.54, 1.807) is 24.3 Å². The third-order valence-corrected chi connectivity index (χ3v) is 6.18. The Morgan fingerprint density at radius 3 is 1.77 bits per heavy atom. The molecule has 1 atom stereocenters. The van der Waals surface area contributed by atoms with Crippen molar-refractivity contribution >= 4 is 34.5 Å². The van der Waals surface area contributed by atoms with E-state index in [1.165, 1.54) is 33.5 Å². The van der Waals surface area contributed by atoms with Crippen molar-refractivity contribution in [3.05, 3.63) is 53.6 Å². The van der Waals surface area contributed by atoms with Gasteiger partial charge in [0, 0.05) is 9.84 Å². The lowest BCUT2D eigenvalue weighted by molar-refractivity contribution is 0.00830. The molecule has 0 aliphatic carbocycles. The lowest BCUT2D eigenvalue weighted by Gasteiger charge is -2.26. The van der Waals surface area contributed by atoms with Gasteiger partial charge in [-0.15, -0.1) is 0 Å². The van der Waals surface area contributed by atoms with E-state index in [4.69, 9.17) is 23.7 Å². The summed E-state index contributed by atoms with van der Waals surface area (Å²) < 4.78 is 27.4. The zero-order chi connectivity index (χ0) is 22.1. The molecule has 7 nitrogen and oxygen atoms in total. The van der Waals surface area contributed by atoms with E-state index in [0.29, 0.717) is 27.2 Å². The maximum absolute atomic E-state index is 12.6. The zero-order valence-electron chi connectivity index (χ0n) is 17.4. The number of esters is 2. The third-order valence-electron chi connectivity index (χ3n) is 4.34. The first-order chi connectivity index (χ1) is 14.4. The summed E-state index contributed by atoms with van der Waals surface area (Å²) >= 11 is 2.18. The minimum absolute atomic E-state index is 0.0769. The predicted molar refractivity (Wildman–Crippen MR) is 120 cm³/mol. The van der Waals surface area contributed by atoms with Crippen LogP contribution >= 0.6 is 22.6 Å². The van der Waals surface area contributed by atoms with Crippen molar-refractivity contribution in [2.45, 2.75) is 6.92 Å². The van der Waals surface area contributed by atoms with Crippen LogP contribution in [0.2, 0.25) is 0 Å². The summed E-state index contributed by atoms with van der Waals surface area (Å²) in [4.78, 5) is 24.8. The van der Waals surface area contributed by atoms with Gasteiger partial charge in [0.2, 0.25) is 5.75 Å². The molecular weight excluding hydrogens is 503 g/mol. The Morgan fingerprint density at radius 1 is 0.833 bits per heavy atom. The largest absolute Gasteiger partial charge is 0.493 e. The van der Waals surface area contributed by atoms with Gasteiger partial charge in [-0.05, 0) is 24.3 Å². The van der Waals surface area contributed by atoms with Crippen LogP contribution in [-0.4, -0.2) is 50.9 Å². The van der Waals surface area contributed by atoms with Gasteiger partial charge in [0.1, 0.15) is 13.2 Å². The monoisotopic (exact) mass is 528 g/mol. The maximum atomic E-state index is 12.6. The van der Waals surface area contributed by atoms with Gasteiger partial charge < -0.3 is 23.7 Å². The minimum atomic E-state index is -0.542. The second-order valence-electron chi connectivity index (χ2n) is 6.88. The Labute approximate surface area is 189 Å². The summed E-state index contributed by atoms with van der Waals surface area (Å²) in [5.41, 5.74) is 0.200. The molecule has 0 saturated carbocycles. The molecule has 2 rings (SSSR count). The molecule has 0 aliphatic rings. The van der Waals surface area contributed by atoms with Crippen LogP contribution in [0.25, 0.3) is 0 Å². The van der Waals surface area contributed by atoms with E-state index in [9.17, 15) is 9.59 Å². The fourth-order valence-electron chi connectivity index (χ4n) is 2.54. The number of carbonyl (C=O) groups excluding carboxylic acids is 2. The zero-order valence-corrected chi connectivity index (χ0v) is 19.6. The van der Waals surface area contributed by atoms with Gasteiger partial charge in [-0.3, -0.25) is 0 Å². The Hall–Kier alpha value is -2.49. The van der Waals surface area contributed by atoms with Crippen LogP contribution in [0.15, 0.2) is 42.5 Å². The van der Waals surface area contributed by atoms with E-state index in [0.717, 1.165) is 0 Å². The van der Waals surface area contributed by atoms with Gasteiger partial charge in [0.25, 0.3) is 0 Å². The maximum Gasteiger partial charge on any atom is 0.338 e. The molecule has 2 aromatic rings. The van der Waals surface area contributed by atoms with E-state index in [-0.39, 0.29) is 18.8 Å². The van der Waals surface area contributed by atoms with Gasteiger partial charge in [-0.2, -0.15) is 0 Å². The number of hydrogen-bond donors (Lipinski definition) is 0. The highest BCUT2D eigenvalue weighted by Gasteiger charge is 2.28. The van der Waals surface area contributed by atoms with Crippen molar-refractivity contribution in [2.24, 2.45) is 5.41 Å². The van der Waals surface area contributed by atoms with Gasteiger partial charge >= 0.3 is 11.9 Å². The standard InChI is InChI=1S/C22H25IO7/c1-22(12-23,13-29-20(24)15-8-6-5-7-9-15)14-30-21(25)16-10-17(26-2)19(28-4)18(11-16)27-3/h5-11H,12-14H2,1-4H3. The molecule has 2 aromatic carbocycles. The molecular formula is C22H25IO7. The second kappa shape index (κ2) is 11.1.